The topological polar surface area (TPSA) is 67.9 Å². The summed E-state index contributed by atoms with van der Waals surface area (Å²) in [6, 6.07) is 17.0. The van der Waals surface area contributed by atoms with Gasteiger partial charge in [0.1, 0.15) is 11.3 Å². The van der Waals surface area contributed by atoms with E-state index in [0.29, 0.717) is 18.8 Å². The second kappa shape index (κ2) is 11.0. The molecule has 2 N–H and O–H groups in total. The van der Waals surface area contributed by atoms with Crippen molar-refractivity contribution in [2.75, 3.05) is 49.9 Å². The van der Waals surface area contributed by atoms with Crippen LogP contribution in [0.1, 0.15) is 12.0 Å². The number of hydrogen-bond donors (Lipinski definition) is 2. The highest BCUT2D eigenvalue weighted by Gasteiger charge is 2.40. The predicted octanol–water partition coefficient (Wildman–Crippen LogP) is 2.10. The third-order valence-corrected chi connectivity index (χ3v) is 8.12. The van der Waals surface area contributed by atoms with Crippen LogP contribution in [0, 0.1) is 11.7 Å². The molecule has 7 nitrogen and oxygen atoms in total. The van der Waals surface area contributed by atoms with Crippen molar-refractivity contribution in [3.8, 4) is 0 Å². The van der Waals surface area contributed by atoms with Gasteiger partial charge in [-0.25, -0.2) is 4.39 Å². The van der Waals surface area contributed by atoms with Crippen molar-refractivity contribution >= 4 is 29.3 Å². The Morgan fingerprint density at radius 1 is 1.00 bits per heavy atom. The van der Waals surface area contributed by atoms with E-state index in [1.807, 2.05) is 23.1 Å². The van der Waals surface area contributed by atoms with Gasteiger partial charge in [-0.3, -0.25) is 19.8 Å². The Hall–Kier alpha value is -2.62. The van der Waals surface area contributed by atoms with E-state index in [-0.39, 0.29) is 35.1 Å². The zero-order valence-electron chi connectivity index (χ0n) is 19.7. The second-order valence-electron chi connectivity index (χ2n) is 9.43. The van der Waals surface area contributed by atoms with Crippen LogP contribution < -0.4 is 15.5 Å². The minimum atomic E-state index is -0.243. The van der Waals surface area contributed by atoms with E-state index in [1.165, 1.54) is 29.5 Å². The fourth-order valence-electron chi connectivity index (χ4n) is 5.14. The van der Waals surface area contributed by atoms with Crippen molar-refractivity contribution in [3.63, 3.8) is 0 Å². The minimum Gasteiger partial charge on any atom is -0.368 e. The van der Waals surface area contributed by atoms with Crippen molar-refractivity contribution in [2.45, 2.75) is 24.5 Å². The van der Waals surface area contributed by atoms with Crippen LogP contribution in [-0.2, 0) is 16.1 Å². The number of amides is 2. The summed E-state index contributed by atoms with van der Waals surface area (Å²) in [6.45, 7) is 5.29. The maximum Gasteiger partial charge on any atom is 0.232 e. The lowest BCUT2D eigenvalue weighted by Crippen LogP contribution is -2.65. The average molecular weight is 498 g/mol. The van der Waals surface area contributed by atoms with E-state index >= 15 is 0 Å². The van der Waals surface area contributed by atoms with Crippen LogP contribution in [0.4, 0.5) is 10.1 Å². The molecule has 2 aromatic carbocycles. The highest BCUT2D eigenvalue weighted by Crippen LogP contribution is 2.25. The molecule has 0 spiro atoms. The van der Waals surface area contributed by atoms with Crippen LogP contribution in [0.3, 0.4) is 0 Å². The summed E-state index contributed by atoms with van der Waals surface area (Å²) in [5, 5.41) is 6.62. The third-order valence-electron chi connectivity index (χ3n) is 7.12. The first kappa shape index (κ1) is 24.1. The number of nitrogens with one attached hydrogen (secondary N) is 2. The Morgan fingerprint density at radius 3 is 2.49 bits per heavy atom. The Balaban J connectivity index is 1.06. The van der Waals surface area contributed by atoms with Crippen LogP contribution in [0.15, 0.2) is 54.6 Å². The number of fused-ring (bicyclic) bond motifs is 1. The molecule has 0 radical (unpaired) electrons. The number of anilines is 1. The van der Waals surface area contributed by atoms with Crippen molar-refractivity contribution in [2.24, 2.45) is 5.92 Å². The molecule has 3 aliphatic heterocycles. The number of rotatable bonds is 6. The quantitative estimate of drug-likeness (QED) is 0.637. The van der Waals surface area contributed by atoms with E-state index in [2.05, 4.69) is 32.6 Å². The molecule has 3 heterocycles. The summed E-state index contributed by atoms with van der Waals surface area (Å²) in [7, 11) is 0. The second-order valence-corrected chi connectivity index (χ2v) is 10.5. The molecular weight excluding hydrogens is 465 g/mol. The lowest BCUT2D eigenvalue weighted by atomic mass is 9.89. The Bertz CT molecular complexity index is 1020. The third kappa shape index (κ3) is 5.97. The first-order valence-electron chi connectivity index (χ1n) is 12.3. The molecule has 9 heteroatoms. The summed E-state index contributed by atoms with van der Waals surface area (Å²) in [6.07, 6.45) is 0.918. The van der Waals surface area contributed by atoms with E-state index in [9.17, 15) is 14.0 Å². The molecule has 3 fully saturated rings. The predicted molar refractivity (Wildman–Crippen MR) is 136 cm³/mol. The lowest BCUT2D eigenvalue weighted by Gasteiger charge is -2.43. The molecule has 3 atom stereocenters. The SMILES string of the molecule is O=C1NC(SCC(=O)N2CCN(c3ccc(F)cc3)CC2)NC2CCN(Cc3ccccc3)CC12. The molecule has 186 valence electrons. The fraction of sp³-hybridized carbons (Fsp3) is 0.462. The molecule has 0 aromatic heterocycles. The number of piperidine rings is 1. The van der Waals surface area contributed by atoms with Crippen molar-refractivity contribution < 1.29 is 14.0 Å². The standard InChI is InChI=1S/C26H32FN5O2S/c27-20-6-8-21(9-7-20)31-12-14-32(15-13-31)24(33)18-35-26-28-23-10-11-30(17-22(23)25(34)29-26)16-19-4-2-1-3-5-19/h1-9,22-23,26,28H,10-18H2,(H,29,34). The van der Waals surface area contributed by atoms with E-state index in [4.69, 9.17) is 0 Å². The molecule has 3 aliphatic rings. The van der Waals surface area contributed by atoms with Crippen LogP contribution in [0.2, 0.25) is 0 Å². The van der Waals surface area contributed by atoms with E-state index in [1.54, 1.807) is 12.1 Å². The maximum absolute atomic E-state index is 13.2. The van der Waals surface area contributed by atoms with Gasteiger partial charge < -0.3 is 15.1 Å². The molecule has 0 bridgehead atoms. The number of hydrogen-bond acceptors (Lipinski definition) is 6. The van der Waals surface area contributed by atoms with Crippen molar-refractivity contribution in [1.29, 1.82) is 0 Å². The molecule has 3 saturated heterocycles. The molecule has 3 unspecified atom stereocenters. The van der Waals surface area contributed by atoms with Crippen molar-refractivity contribution in [1.82, 2.24) is 20.4 Å². The van der Waals surface area contributed by atoms with Crippen LogP contribution in [0.25, 0.3) is 0 Å². The minimum absolute atomic E-state index is 0.0699. The van der Waals surface area contributed by atoms with Gasteiger partial charge in [-0.2, -0.15) is 0 Å². The van der Waals surface area contributed by atoms with Gasteiger partial charge in [-0.1, -0.05) is 30.3 Å². The van der Waals surface area contributed by atoms with Crippen molar-refractivity contribution in [3.05, 3.63) is 66.0 Å². The molecule has 35 heavy (non-hydrogen) atoms. The average Bonchev–Trinajstić information content (AvgIpc) is 2.89. The number of piperazine rings is 1. The summed E-state index contributed by atoms with van der Waals surface area (Å²) in [4.78, 5) is 32.1. The van der Waals surface area contributed by atoms with Gasteiger partial charge in [-0.15, -0.1) is 11.8 Å². The Kier molecular flexibility index (Phi) is 7.55. The highest BCUT2D eigenvalue weighted by molar-refractivity contribution is 8.00. The summed E-state index contributed by atoms with van der Waals surface area (Å²) in [5.41, 5.74) is 2.00. The first-order valence-corrected chi connectivity index (χ1v) is 13.3. The van der Waals surface area contributed by atoms with Gasteiger partial charge in [0.05, 0.1) is 11.7 Å². The fourth-order valence-corrected chi connectivity index (χ4v) is 6.11. The first-order chi connectivity index (χ1) is 17.0. The Labute approximate surface area is 210 Å². The maximum atomic E-state index is 13.2. The number of likely N-dealkylation sites (tertiary alicyclic amines) is 1. The largest absolute Gasteiger partial charge is 0.368 e. The van der Waals surface area contributed by atoms with Gasteiger partial charge >= 0.3 is 0 Å². The summed E-state index contributed by atoms with van der Waals surface area (Å²) >= 11 is 1.46. The van der Waals surface area contributed by atoms with E-state index < -0.39 is 0 Å². The summed E-state index contributed by atoms with van der Waals surface area (Å²) in [5.74, 6) is 0.173. The molecule has 0 saturated carbocycles. The number of carbonyl (C=O) groups excluding carboxylic acids is 2. The number of thioether (sulfide) groups is 1. The molecule has 5 rings (SSSR count). The highest BCUT2D eigenvalue weighted by atomic mass is 32.2. The number of nitrogens with zero attached hydrogens (tertiary/aromatic N) is 3. The smallest absolute Gasteiger partial charge is 0.232 e. The molecule has 2 amide bonds. The van der Waals surface area contributed by atoms with Gasteiger partial charge in [-0.05, 0) is 36.2 Å². The van der Waals surface area contributed by atoms with Gasteiger partial charge in [0, 0.05) is 57.5 Å². The number of carbonyl (C=O) groups is 2. The normalized spacial score (nSPS) is 25.2. The zero-order valence-corrected chi connectivity index (χ0v) is 20.6. The number of halogens is 1. The lowest BCUT2D eigenvalue weighted by molar-refractivity contribution is -0.131. The molecule has 0 aliphatic carbocycles. The summed E-state index contributed by atoms with van der Waals surface area (Å²) < 4.78 is 13.2. The van der Waals surface area contributed by atoms with Crippen LogP contribution in [0.5, 0.6) is 0 Å². The van der Waals surface area contributed by atoms with Gasteiger partial charge in [0.2, 0.25) is 11.8 Å². The van der Waals surface area contributed by atoms with Gasteiger partial charge in [0.25, 0.3) is 0 Å². The molecular formula is C26H32FN5O2S. The zero-order chi connectivity index (χ0) is 24.2. The van der Waals surface area contributed by atoms with Crippen LogP contribution >= 0.6 is 11.8 Å². The van der Waals surface area contributed by atoms with E-state index in [0.717, 1.165) is 44.8 Å². The molecule has 2 aromatic rings. The number of benzene rings is 2. The monoisotopic (exact) mass is 497 g/mol. The van der Waals surface area contributed by atoms with Crippen LogP contribution in [-0.4, -0.2) is 78.2 Å². The van der Waals surface area contributed by atoms with Gasteiger partial charge in [0.15, 0.2) is 0 Å². The Morgan fingerprint density at radius 2 is 1.74 bits per heavy atom.